The standard InChI is InChI=1S/C15H17N5O2/c16-7-12-9-18-19-20(12)11(6-15(21)22)5-10-8-17-14-4-2-1-3-13(10)14/h1-4,8-9,11,17H,5-7,16H2,(H,21,22). The molecule has 2 aromatic heterocycles. The molecule has 22 heavy (non-hydrogen) atoms. The van der Waals surface area contributed by atoms with Crippen LogP contribution in [0, 0.1) is 0 Å². The number of rotatable bonds is 6. The molecule has 0 saturated carbocycles. The van der Waals surface area contributed by atoms with Crippen molar-refractivity contribution in [3.05, 3.63) is 47.9 Å². The van der Waals surface area contributed by atoms with Crippen molar-refractivity contribution in [1.82, 2.24) is 20.0 Å². The number of nitrogens with one attached hydrogen (secondary N) is 1. The van der Waals surface area contributed by atoms with E-state index in [4.69, 9.17) is 5.73 Å². The summed E-state index contributed by atoms with van der Waals surface area (Å²) in [6, 6.07) is 7.61. The summed E-state index contributed by atoms with van der Waals surface area (Å²) < 4.78 is 1.62. The van der Waals surface area contributed by atoms with Crippen LogP contribution in [-0.2, 0) is 17.8 Å². The Morgan fingerprint density at radius 3 is 3.00 bits per heavy atom. The maximum absolute atomic E-state index is 11.2. The Morgan fingerprint density at radius 2 is 2.23 bits per heavy atom. The van der Waals surface area contributed by atoms with Crippen LogP contribution in [0.2, 0.25) is 0 Å². The van der Waals surface area contributed by atoms with E-state index in [1.54, 1.807) is 10.9 Å². The van der Waals surface area contributed by atoms with E-state index in [9.17, 15) is 9.90 Å². The fraction of sp³-hybridized carbons (Fsp3) is 0.267. The maximum Gasteiger partial charge on any atom is 0.305 e. The van der Waals surface area contributed by atoms with Crippen LogP contribution >= 0.6 is 0 Å². The van der Waals surface area contributed by atoms with Crippen LogP contribution in [-0.4, -0.2) is 31.1 Å². The van der Waals surface area contributed by atoms with E-state index in [2.05, 4.69) is 15.3 Å². The molecule has 0 fully saturated rings. The van der Waals surface area contributed by atoms with Gasteiger partial charge in [-0.25, -0.2) is 4.68 Å². The summed E-state index contributed by atoms with van der Waals surface area (Å²) in [6.45, 7) is 0.275. The van der Waals surface area contributed by atoms with E-state index in [1.807, 2.05) is 30.5 Å². The normalized spacial score (nSPS) is 12.6. The van der Waals surface area contributed by atoms with Crippen LogP contribution < -0.4 is 5.73 Å². The van der Waals surface area contributed by atoms with Gasteiger partial charge in [0.2, 0.25) is 0 Å². The summed E-state index contributed by atoms with van der Waals surface area (Å²) >= 11 is 0. The van der Waals surface area contributed by atoms with Gasteiger partial charge in [-0.15, -0.1) is 5.10 Å². The summed E-state index contributed by atoms with van der Waals surface area (Å²) in [5.41, 5.74) is 8.49. The topological polar surface area (TPSA) is 110 Å². The number of para-hydroxylation sites is 1. The first-order valence-corrected chi connectivity index (χ1v) is 7.05. The number of H-pyrrole nitrogens is 1. The Bertz CT molecular complexity index is 792. The third-order valence-corrected chi connectivity index (χ3v) is 3.74. The zero-order valence-corrected chi connectivity index (χ0v) is 11.9. The molecule has 0 aliphatic carbocycles. The molecule has 1 aromatic carbocycles. The van der Waals surface area contributed by atoms with E-state index in [0.717, 1.165) is 22.2 Å². The van der Waals surface area contributed by atoms with Crippen molar-refractivity contribution in [1.29, 1.82) is 0 Å². The lowest BCUT2D eigenvalue weighted by Crippen LogP contribution is -2.20. The summed E-state index contributed by atoms with van der Waals surface area (Å²) in [5, 5.41) is 18.1. The van der Waals surface area contributed by atoms with Gasteiger partial charge in [0.05, 0.1) is 24.4 Å². The summed E-state index contributed by atoms with van der Waals surface area (Å²) in [6.07, 6.45) is 4.01. The van der Waals surface area contributed by atoms with Gasteiger partial charge >= 0.3 is 5.97 Å². The number of carboxylic acid groups (broad SMARTS) is 1. The van der Waals surface area contributed by atoms with Gasteiger partial charge in [-0.05, 0) is 18.1 Å². The number of nitrogens with two attached hydrogens (primary N) is 1. The number of fused-ring (bicyclic) bond motifs is 1. The lowest BCUT2D eigenvalue weighted by molar-refractivity contribution is -0.138. The van der Waals surface area contributed by atoms with Crippen LogP contribution in [0.25, 0.3) is 10.9 Å². The van der Waals surface area contributed by atoms with E-state index in [1.165, 1.54) is 0 Å². The van der Waals surface area contributed by atoms with Crippen molar-refractivity contribution in [2.45, 2.75) is 25.4 Å². The molecule has 3 rings (SSSR count). The van der Waals surface area contributed by atoms with Gasteiger partial charge < -0.3 is 15.8 Å². The van der Waals surface area contributed by atoms with E-state index in [0.29, 0.717) is 6.42 Å². The van der Waals surface area contributed by atoms with Crippen LogP contribution in [0.15, 0.2) is 36.7 Å². The highest BCUT2D eigenvalue weighted by Gasteiger charge is 2.21. The van der Waals surface area contributed by atoms with E-state index >= 15 is 0 Å². The van der Waals surface area contributed by atoms with Crippen molar-refractivity contribution in [3.63, 3.8) is 0 Å². The molecule has 1 atom stereocenters. The fourth-order valence-electron chi connectivity index (χ4n) is 2.72. The number of hydrogen-bond acceptors (Lipinski definition) is 4. The number of hydrogen-bond donors (Lipinski definition) is 3. The highest BCUT2D eigenvalue weighted by atomic mass is 16.4. The molecular weight excluding hydrogens is 282 g/mol. The van der Waals surface area contributed by atoms with Gasteiger partial charge in [0.15, 0.2) is 0 Å². The van der Waals surface area contributed by atoms with Crippen molar-refractivity contribution in [2.75, 3.05) is 0 Å². The molecular formula is C15H17N5O2. The smallest absolute Gasteiger partial charge is 0.305 e. The second kappa shape index (κ2) is 5.98. The largest absolute Gasteiger partial charge is 0.481 e. The highest BCUT2D eigenvalue weighted by molar-refractivity contribution is 5.83. The second-order valence-electron chi connectivity index (χ2n) is 5.19. The van der Waals surface area contributed by atoms with Gasteiger partial charge in [-0.3, -0.25) is 4.79 Å². The van der Waals surface area contributed by atoms with Crippen LogP contribution in [0.3, 0.4) is 0 Å². The minimum Gasteiger partial charge on any atom is -0.481 e. The lowest BCUT2D eigenvalue weighted by atomic mass is 10.0. The number of carboxylic acids is 1. The first-order valence-electron chi connectivity index (χ1n) is 7.05. The average Bonchev–Trinajstić information content (AvgIpc) is 3.13. The van der Waals surface area contributed by atoms with Gasteiger partial charge in [-0.1, -0.05) is 23.4 Å². The fourth-order valence-corrected chi connectivity index (χ4v) is 2.72. The summed E-state index contributed by atoms with van der Waals surface area (Å²) in [5.74, 6) is -0.872. The molecule has 0 aliphatic rings. The summed E-state index contributed by atoms with van der Waals surface area (Å²) in [4.78, 5) is 14.4. The Balaban J connectivity index is 1.95. The molecule has 0 radical (unpaired) electrons. The van der Waals surface area contributed by atoms with Crippen molar-refractivity contribution < 1.29 is 9.90 Å². The van der Waals surface area contributed by atoms with Crippen molar-refractivity contribution in [3.8, 4) is 0 Å². The van der Waals surface area contributed by atoms with Crippen molar-refractivity contribution in [2.24, 2.45) is 5.73 Å². The number of carbonyl (C=O) groups is 1. The van der Waals surface area contributed by atoms with Gasteiger partial charge in [-0.2, -0.15) is 0 Å². The lowest BCUT2D eigenvalue weighted by Gasteiger charge is -2.17. The zero-order valence-electron chi connectivity index (χ0n) is 11.9. The SMILES string of the molecule is NCc1cnnn1C(CC(=O)O)Cc1c[nH]c2ccccc12. The number of nitrogens with zero attached hydrogens (tertiary/aromatic N) is 3. The number of aromatic amines is 1. The minimum absolute atomic E-state index is 0.0319. The van der Waals surface area contributed by atoms with Gasteiger partial charge in [0, 0.05) is 23.6 Å². The van der Waals surface area contributed by atoms with Gasteiger partial charge in [0.1, 0.15) is 0 Å². The average molecular weight is 299 g/mol. The zero-order chi connectivity index (χ0) is 15.5. The third kappa shape index (κ3) is 2.71. The Kier molecular flexibility index (Phi) is 3.88. The number of aromatic nitrogens is 4. The molecule has 0 amide bonds. The predicted octanol–water partition coefficient (Wildman–Crippen LogP) is 1.48. The van der Waals surface area contributed by atoms with Gasteiger partial charge in [0.25, 0.3) is 0 Å². The molecule has 2 heterocycles. The summed E-state index contributed by atoms with van der Waals surface area (Å²) in [7, 11) is 0. The first kappa shape index (κ1) is 14.3. The molecule has 3 aromatic rings. The Hall–Kier alpha value is -2.67. The molecule has 1 unspecified atom stereocenters. The molecule has 0 saturated heterocycles. The predicted molar refractivity (Wildman–Crippen MR) is 81.2 cm³/mol. The molecule has 7 heteroatoms. The third-order valence-electron chi connectivity index (χ3n) is 3.74. The molecule has 0 spiro atoms. The molecule has 0 aliphatic heterocycles. The van der Waals surface area contributed by atoms with E-state index in [-0.39, 0.29) is 19.0 Å². The van der Waals surface area contributed by atoms with Crippen LogP contribution in [0.4, 0.5) is 0 Å². The monoisotopic (exact) mass is 299 g/mol. The second-order valence-corrected chi connectivity index (χ2v) is 5.19. The van der Waals surface area contributed by atoms with E-state index < -0.39 is 5.97 Å². The Morgan fingerprint density at radius 1 is 1.41 bits per heavy atom. The molecule has 4 N–H and O–H groups in total. The minimum atomic E-state index is -0.872. The molecule has 7 nitrogen and oxygen atoms in total. The number of benzene rings is 1. The quantitative estimate of drug-likeness (QED) is 0.638. The van der Waals surface area contributed by atoms with Crippen LogP contribution in [0.5, 0.6) is 0 Å². The maximum atomic E-state index is 11.2. The van der Waals surface area contributed by atoms with Crippen molar-refractivity contribution >= 4 is 16.9 Å². The highest BCUT2D eigenvalue weighted by Crippen LogP contribution is 2.25. The van der Waals surface area contributed by atoms with Crippen LogP contribution in [0.1, 0.15) is 23.7 Å². The molecule has 114 valence electrons. The first-order chi connectivity index (χ1) is 10.7. The molecule has 0 bridgehead atoms. The Labute approximate surface area is 126 Å². The number of aliphatic carboxylic acids is 1.